The van der Waals surface area contributed by atoms with E-state index in [2.05, 4.69) is 20.4 Å². The van der Waals surface area contributed by atoms with Crippen LogP contribution >= 0.6 is 0 Å². The highest BCUT2D eigenvalue weighted by molar-refractivity contribution is 5.92. The van der Waals surface area contributed by atoms with Crippen molar-refractivity contribution in [1.29, 1.82) is 0 Å². The number of hydrogen-bond donors (Lipinski definition) is 2. The fourth-order valence-electron chi connectivity index (χ4n) is 2.53. The molecule has 0 amide bonds. The van der Waals surface area contributed by atoms with Gasteiger partial charge in [-0.2, -0.15) is 0 Å². The van der Waals surface area contributed by atoms with Gasteiger partial charge in [0.1, 0.15) is 37.5 Å². The van der Waals surface area contributed by atoms with Gasteiger partial charge in [-0.15, -0.1) is 0 Å². The second-order valence-electron chi connectivity index (χ2n) is 5.85. The van der Waals surface area contributed by atoms with Gasteiger partial charge in [0.15, 0.2) is 11.5 Å². The number of rotatable bonds is 8. The highest BCUT2D eigenvalue weighted by Gasteiger charge is 2.11. The van der Waals surface area contributed by atoms with Crippen molar-refractivity contribution in [3.8, 4) is 11.5 Å². The smallest absolute Gasteiger partial charge is 0.162 e. The molecule has 1 aromatic heterocycles. The van der Waals surface area contributed by atoms with Crippen molar-refractivity contribution in [2.24, 2.45) is 5.16 Å². The van der Waals surface area contributed by atoms with Gasteiger partial charge in [-0.25, -0.2) is 14.4 Å². The van der Waals surface area contributed by atoms with Gasteiger partial charge in [-0.3, -0.25) is 0 Å². The van der Waals surface area contributed by atoms with Crippen LogP contribution < -0.4 is 20.5 Å². The van der Waals surface area contributed by atoms with Gasteiger partial charge in [0.05, 0.1) is 18.9 Å². The standard InChI is InChI=1S/C20H20FN5O3/c1-27-18-9-15(26-20-16(10-25-28-2)19(22)23-12-24-20)6-7-17(18)29-11-13-4-3-5-14(21)8-13/h3-10,12H,11H2,1-2H3,(H3,22,23,24,26)/b25-10+. The summed E-state index contributed by atoms with van der Waals surface area (Å²) in [6.45, 7) is 0.209. The molecule has 8 nitrogen and oxygen atoms in total. The minimum Gasteiger partial charge on any atom is -0.493 e. The summed E-state index contributed by atoms with van der Waals surface area (Å²) >= 11 is 0. The maximum absolute atomic E-state index is 13.3. The third-order valence-electron chi connectivity index (χ3n) is 3.91. The largest absolute Gasteiger partial charge is 0.493 e. The molecule has 0 bridgehead atoms. The van der Waals surface area contributed by atoms with E-state index in [4.69, 9.17) is 20.0 Å². The number of aromatic nitrogens is 2. The van der Waals surface area contributed by atoms with Crippen LogP contribution in [0.3, 0.4) is 0 Å². The summed E-state index contributed by atoms with van der Waals surface area (Å²) in [5.41, 5.74) is 7.78. The Hall–Kier alpha value is -3.88. The van der Waals surface area contributed by atoms with Gasteiger partial charge in [-0.1, -0.05) is 17.3 Å². The maximum atomic E-state index is 13.3. The molecule has 2 aromatic carbocycles. The predicted molar refractivity (Wildman–Crippen MR) is 108 cm³/mol. The molecule has 0 fully saturated rings. The van der Waals surface area contributed by atoms with Crippen molar-refractivity contribution in [1.82, 2.24) is 9.97 Å². The van der Waals surface area contributed by atoms with E-state index in [1.54, 1.807) is 30.3 Å². The fourth-order valence-corrected chi connectivity index (χ4v) is 2.53. The van der Waals surface area contributed by atoms with Crippen LogP contribution in [0.15, 0.2) is 53.9 Å². The summed E-state index contributed by atoms with van der Waals surface area (Å²) in [6, 6.07) is 11.5. The minimum atomic E-state index is -0.311. The molecule has 0 aliphatic heterocycles. The van der Waals surface area contributed by atoms with E-state index in [9.17, 15) is 4.39 Å². The lowest BCUT2D eigenvalue weighted by Gasteiger charge is -2.14. The van der Waals surface area contributed by atoms with E-state index in [-0.39, 0.29) is 18.2 Å². The Bertz CT molecular complexity index is 1010. The normalized spacial score (nSPS) is 10.7. The van der Waals surface area contributed by atoms with E-state index >= 15 is 0 Å². The van der Waals surface area contributed by atoms with Crippen molar-refractivity contribution < 1.29 is 18.7 Å². The topological polar surface area (TPSA) is 104 Å². The van der Waals surface area contributed by atoms with Crippen LogP contribution in [0.5, 0.6) is 11.5 Å². The number of methoxy groups -OCH3 is 1. The number of ether oxygens (including phenoxy) is 2. The molecule has 150 valence electrons. The third-order valence-corrected chi connectivity index (χ3v) is 3.91. The number of halogens is 1. The van der Waals surface area contributed by atoms with Crippen LogP contribution in [0.4, 0.5) is 21.7 Å². The molecule has 0 saturated heterocycles. The van der Waals surface area contributed by atoms with Crippen molar-refractivity contribution in [3.63, 3.8) is 0 Å². The molecule has 0 aliphatic carbocycles. The lowest BCUT2D eigenvalue weighted by Crippen LogP contribution is -2.05. The van der Waals surface area contributed by atoms with Crippen molar-refractivity contribution >= 4 is 23.5 Å². The van der Waals surface area contributed by atoms with Crippen LogP contribution in [0.2, 0.25) is 0 Å². The van der Waals surface area contributed by atoms with Crippen LogP contribution in [0.1, 0.15) is 11.1 Å². The molecular weight excluding hydrogens is 377 g/mol. The Morgan fingerprint density at radius 1 is 1.14 bits per heavy atom. The maximum Gasteiger partial charge on any atom is 0.162 e. The average Bonchev–Trinajstić information content (AvgIpc) is 2.72. The van der Waals surface area contributed by atoms with Crippen LogP contribution in [-0.4, -0.2) is 30.4 Å². The fraction of sp³-hybridized carbons (Fsp3) is 0.150. The summed E-state index contributed by atoms with van der Waals surface area (Å²) < 4.78 is 24.5. The molecule has 0 radical (unpaired) electrons. The second kappa shape index (κ2) is 9.36. The summed E-state index contributed by atoms with van der Waals surface area (Å²) in [7, 11) is 2.96. The molecule has 0 aliphatic rings. The number of nitrogens with two attached hydrogens (primary N) is 1. The zero-order valence-electron chi connectivity index (χ0n) is 15.9. The van der Waals surface area contributed by atoms with E-state index < -0.39 is 0 Å². The summed E-state index contributed by atoms with van der Waals surface area (Å²) in [5, 5.41) is 6.86. The zero-order valence-corrected chi connectivity index (χ0v) is 15.9. The Labute approximate surface area is 167 Å². The lowest BCUT2D eigenvalue weighted by molar-refractivity contribution is 0.215. The predicted octanol–water partition coefficient (Wildman–Crippen LogP) is 3.51. The molecule has 3 N–H and O–H groups in total. The van der Waals surface area contributed by atoms with Crippen LogP contribution in [-0.2, 0) is 11.4 Å². The average molecular weight is 397 g/mol. The van der Waals surface area contributed by atoms with E-state index in [0.717, 1.165) is 0 Å². The van der Waals surface area contributed by atoms with Gasteiger partial charge in [0, 0.05) is 11.8 Å². The molecular formula is C20H20FN5O3. The van der Waals surface area contributed by atoms with Crippen LogP contribution in [0.25, 0.3) is 0 Å². The quantitative estimate of drug-likeness (QED) is 0.443. The molecule has 0 saturated carbocycles. The van der Waals surface area contributed by atoms with Gasteiger partial charge < -0.3 is 25.4 Å². The number of nitrogen functional groups attached to an aromatic ring is 1. The molecule has 0 atom stereocenters. The van der Waals surface area contributed by atoms with E-state index in [1.165, 1.54) is 38.9 Å². The zero-order chi connectivity index (χ0) is 20.6. The number of anilines is 3. The van der Waals surface area contributed by atoms with Gasteiger partial charge in [-0.05, 0) is 29.8 Å². The second-order valence-corrected chi connectivity index (χ2v) is 5.85. The molecule has 1 heterocycles. The Balaban J connectivity index is 1.79. The lowest BCUT2D eigenvalue weighted by atomic mass is 10.2. The molecule has 3 aromatic rings. The summed E-state index contributed by atoms with van der Waals surface area (Å²) in [6.07, 6.45) is 2.76. The highest BCUT2D eigenvalue weighted by atomic mass is 19.1. The minimum absolute atomic E-state index is 0.209. The Morgan fingerprint density at radius 3 is 2.76 bits per heavy atom. The molecule has 3 rings (SSSR count). The Kier molecular flexibility index (Phi) is 6.41. The first-order valence-corrected chi connectivity index (χ1v) is 8.60. The third kappa shape index (κ3) is 5.10. The first-order chi connectivity index (χ1) is 14.1. The first kappa shape index (κ1) is 19.9. The van der Waals surface area contributed by atoms with Gasteiger partial charge in [0.2, 0.25) is 0 Å². The van der Waals surface area contributed by atoms with E-state index in [0.29, 0.717) is 34.1 Å². The summed E-state index contributed by atoms with van der Waals surface area (Å²) in [4.78, 5) is 12.8. The number of oxime groups is 1. The van der Waals surface area contributed by atoms with E-state index in [1.807, 2.05) is 0 Å². The number of benzene rings is 2. The summed E-state index contributed by atoms with van der Waals surface area (Å²) in [5.74, 6) is 1.42. The van der Waals surface area contributed by atoms with Crippen molar-refractivity contribution in [3.05, 3.63) is 65.7 Å². The number of hydrogen-bond acceptors (Lipinski definition) is 8. The monoisotopic (exact) mass is 397 g/mol. The number of nitrogens with zero attached hydrogens (tertiary/aromatic N) is 3. The molecule has 9 heteroatoms. The van der Waals surface area contributed by atoms with Crippen LogP contribution in [0, 0.1) is 5.82 Å². The molecule has 0 unspecified atom stereocenters. The SMILES string of the molecule is CO/N=C/c1c(N)ncnc1Nc1ccc(OCc2cccc(F)c2)c(OC)c1. The van der Waals surface area contributed by atoms with Gasteiger partial charge >= 0.3 is 0 Å². The van der Waals surface area contributed by atoms with Crippen molar-refractivity contribution in [2.75, 3.05) is 25.3 Å². The number of nitrogens with one attached hydrogen (secondary N) is 1. The van der Waals surface area contributed by atoms with Gasteiger partial charge in [0.25, 0.3) is 0 Å². The molecule has 29 heavy (non-hydrogen) atoms. The Morgan fingerprint density at radius 2 is 2.00 bits per heavy atom. The first-order valence-electron chi connectivity index (χ1n) is 8.60. The molecule has 0 spiro atoms. The highest BCUT2D eigenvalue weighted by Crippen LogP contribution is 2.32. The van der Waals surface area contributed by atoms with Crippen molar-refractivity contribution in [2.45, 2.75) is 6.61 Å².